The third-order valence-electron chi connectivity index (χ3n) is 3.40. The van der Waals surface area contributed by atoms with Gasteiger partial charge in [0.15, 0.2) is 11.5 Å². The zero-order valence-corrected chi connectivity index (χ0v) is 13.2. The summed E-state index contributed by atoms with van der Waals surface area (Å²) in [6.07, 6.45) is 0. The minimum atomic E-state index is -0.236. The highest BCUT2D eigenvalue weighted by Crippen LogP contribution is 2.30. The predicted octanol–water partition coefficient (Wildman–Crippen LogP) is 3.11. The van der Waals surface area contributed by atoms with Crippen LogP contribution < -0.4 is 20.1 Å². The van der Waals surface area contributed by atoms with E-state index in [9.17, 15) is 4.79 Å². The third kappa shape index (κ3) is 4.29. The van der Waals surface area contributed by atoms with Gasteiger partial charge in [0.05, 0.1) is 0 Å². The molecule has 2 aromatic carbocycles. The first-order chi connectivity index (χ1) is 11.2. The van der Waals surface area contributed by atoms with Crippen molar-refractivity contribution in [2.75, 3.05) is 13.2 Å². The summed E-state index contributed by atoms with van der Waals surface area (Å²) in [7, 11) is 0. The molecule has 0 fully saturated rings. The number of nitrogens with one attached hydrogen (secondary N) is 2. The van der Waals surface area contributed by atoms with Crippen molar-refractivity contribution in [2.24, 2.45) is 0 Å². The molecule has 5 nitrogen and oxygen atoms in total. The van der Waals surface area contributed by atoms with Crippen molar-refractivity contribution >= 4 is 17.6 Å². The second kappa shape index (κ2) is 7.24. The van der Waals surface area contributed by atoms with Crippen LogP contribution in [0.1, 0.15) is 11.1 Å². The summed E-state index contributed by atoms with van der Waals surface area (Å²) in [6.45, 7) is 1.95. The fourth-order valence-electron chi connectivity index (χ4n) is 2.27. The van der Waals surface area contributed by atoms with Crippen LogP contribution in [0.15, 0.2) is 42.5 Å². The largest absolute Gasteiger partial charge is 0.486 e. The van der Waals surface area contributed by atoms with Crippen molar-refractivity contribution in [2.45, 2.75) is 13.1 Å². The Balaban J connectivity index is 1.49. The Morgan fingerprint density at radius 3 is 2.39 bits per heavy atom. The predicted molar refractivity (Wildman–Crippen MR) is 88.0 cm³/mol. The standard InChI is InChI=1S/C17H17ClN2O3/c18-14-3-1-2-12(8-14)10-19-17(21)20-11-13-4-5-15-16(9-13)23-7-6-22-15/h1-5,8-9H,6-7,10-11H2,(H2,19,20,21). The van der Waals surface area contributed by atoms with Crippen LogP contribution in [0.3, 0.4) is 0 Å². The van der Waals surface area contributed by atoms with Crippen LogP contribution in [0, 0.1) is 0 Å². The summed E-state index contributed by atoms with van der Waals surface area (Å²) in [5, 5.41) is 6.26. The van der Waals surface area contributed by atoms with Crippen molar-refractivity contribution in [1.29, 1.82) is 0 Å². The van der Waals surface area contributed by atoms with Gasteiger partial charge in [-0.15, -0.1) is 0 Å². The summed E-state index contributed by atoms with van der Waals surface area (Å²) in [5.41, 5.74) is 1.90. The average Bonchev–Trinajstić information content (AvgIpc) is 2.58. The Hall–Kier alpha value is -2.40. The van der Waals surface area contributed by atoms with Crippen molar-refractivity contribution in [3.8, 4) is 11.5 Å². The Kier molecular flexibility index (Phi) is 4.88. The summed E-state index contributed by atoms with van der Waals surface area (Å²) < 4.78 is 11.0. The Morgan fingerprint density at radius 1 is 0.957 bits per heavy atom. The molecular weight excluding hydrogens is 316 g/mol. The van der Waals surface area contributed by atoms with E-state index in [0.717, 1.165) is 22.6 Å². The van der Waals surface area contributed by atoms with Gasteiger partial charge < -0.3 is 20.1 Å². The van der Waals surface area contributed by atoms with E-state index in [2.05, 4.69) is 10.6 Å². The van der Waals surface area contributed by atoms with Gasteiger partial charge in [-0.05, 0) is 35.4 Å². The van der Waals surface area contributed by atoms with Gasteiger partial charge in [-0.1, -0.05) is 29.8 Å². The first kappa shape index (κ1) is 15.5. The van der Waals surface area contributed by atoms with Crippen LogP contribution in [0.2, 0.25) is 5.02 Å². The van der Waals surface area contributed by atoms with E-state index in [1.807, 2.05) is 36.4 Å². The summed E-state index contributed by atoms with van der Waals surface area (Å²) >= 11 is 5.91. The topological polar surface area (TPSA) is 59.6 Å². The Bertz CT molecular complexity index is 706. The number of benzene rings is 2. The minimum absolute atomic E-state index is 0.236. The molecule has 6 heteroatoms. The summed E-state index contributed by atoms with van der Waals surface area (Å²) in [4.78, 5) is 11.9. The lowest BCUT2D eigenvalue weighted by atomic mass is 10.2. The van der Waals surface area contributed by atoms with Gasteiger partial charge in [-0.25, -0.2) is 4.79 Å². The SMILES string of the molecule is O=C(NCc1cccc(Cl)c1)NCc1ccc2c(c1)OCCO2. The molecule has 0 radical (unpaired) electrons. The molecular formula is C17H17ClN2O3. The third-order valence-corrected chi connectivity index (χ3v) is 3.64. The number of carbonyl (C=O) groups excluding carboxylic acids is 1. The van der Waals surface area contributed by atoms with Crippen molar-refractivity contribution in [1.82, 2.24) is 10.6 Å². The molecule has 3 rings (SSSR count). The molecule has 0 spiro atoms. The number of fused-ring (bicyclic) bond motifs is 1. The van der Waals surface area contributed by atoms with Gasteiger partial charge in [-0.2, -0.15) is 0 Å². The zero-order chi connectivity index (χ0) is 16.1. The van der Waals surface area contributed by atoms with Gasteiger partial charge in [0, 0.05) is 18.1 Å². The maximum Gasteiger partial charge on any atom is 0.315 e. The normalized spacial score (nSPS) is 12.6. The van der Waals surface area contributed by atoms with E-state index in [1.54, 1.807) is 6.07 Å². The smallest absolute Gasteiger partial charge is 0.315 e. The van der Waals surface area contributed by atoms with Crippen LogP contribution in [-0.4, -0.2) is 19.2 Å². The van der Waals surface area contributed by atoms with Crippen molar-refractivity contribution < 1.29 is 14.3 Å². The van der Waals surface area contributed by atoms with Crippen LogP contribution in [-0.2, 0) is 13.1 Å². The molecule has 1 heterocycles. The molecule has 23 heavy (non-hydrogen) atoms. The van der Waals surface area contributed by atoms with Gasteiger partial charge in [0.25, 0.3) is 0 Å². The maximum absolute atomic E-state index is 11.9. The molecule has 0 unspecified atom stereocenters. The molecule has 0 bridgehead atoms. The lowest BCUT2D eigenvalue weighted by molar-refractivity contribution is 0.171. The van der Waals surface area contributed by atoms with E-state index < -0.39 is 0 Å². The van der Waals surface area contributed by atoms with E-state index in [-0.39, 0.29) is 6.03 Å². The van der Waals surface area contributed by atoms with E-state index in [1.165, 1.54) is 0 Å². The second-order valence-corrected chi connectivity index (χ2v) is 5.58. The highest BCUT2D eigenvalue weighted by atomic mass is 35.5. The van der Waals surface area contributed by atoms with Crippen LogP contribution in [0.5, 0.6) is 11.5 Å². The minimum Gasteiger partial charge on any atom is -0.486 e. The lowest BCUT2D eigenvalue weighted by Gasteiger charge is -2.19. The molecule has 2 aromatic rings. The van der Waals surface area contributed by atoms with Crippen LogP contribution in [0.25, 0.3) is 0 Å². The number of carbonyl (C=O) groups is 1. The molecule has 2 amide bonds. The summed E-state index contributed by atoms with van der Waals surface area (Å²) in [5.74, 6) is 1.46. The number of ether oxygens (including phenoxy) is 2. The van der Waals surface area contributed by atoms with E-state index in [4.69, 9.17) is 21.1 Å². The van der Waals surface area contributed by atoms with E-state index >= 15 is 0 Å². The molecule has 0 saturated heterocycles. The second-order valence-electron chi connectivity index (χ2n) is 5.14. The van der Waals surface area contributed by atoms with Gasteiger partial charge in [0.1, 0.15) is 13.2 Å². The number of urea groups is 1. The number of halogens is 1. The number of amides is 2. The number of hydrogen-bond donors (Lipinski definition) is 2. The quantitative estimate of drug-likeness (QED) is 0.904. The molecule has 0 aromatic heterocycles. The molecule has 0 aliphatic carbocycles. The number of hydrogen-bond acceptors (Lipinski definition) is 3. The van der Waals surface area contributed by atoms with Gasteiger partial charge >= 0.3 is 6.03 Å². The Morgan fingerprint density at radius 2 is 1.65 bits per heavy atom. The van der Waals surface area contributed by atoms with E-state index in [0.29, 0.717) is 31.3 Å². The highest BCUT2D eigenvalue weighted by Gasteiger charge is 2.11. The average molecular weight is 333 g/mol. The van der Waals surface area contributed by atoms with Crippen molar-refractivity contribution in [3.63, 3.8) is 0 Å². The maximum atomic E-state index is 11.9. The fourth-order valence-corrected chi connectivity index (χ4v) is 2.48. The molecule has 1 aliphatic heterocycles. The lowest BCUT2D eigenvalue weighted by Crippen LogP contribution is -2.34. The number of rotatable bonds is 4. The molecule has 2 N–H and O–H groups in total. The van der Waals surface area contributed by atoms with Crippen LogP contribution in [0.4, 0.5) is 4.79 Å². The zero-order valence-electron chi connectivity index (χ0n) is 12.5. The first-order valence-electron chi connectivity index (χ1n) is 7.35. The molecule has 0 atom stereocenters. The molecule has 1 aliphatic rings. The van der Waals surface area contributed by atoms with Gasteiger partial charge in [0.2, 0.25) is 0 Å². The molecule has 0 saturated carbocycles. The van der Waals surface area contributed by atoms with Crippen LogP contribution >= 0.6 is 11.6 Å². The monoisotopic (exact) mass is 332 g/mol. The molecule has 120 valence electrons. The fraction of sp³-hybridized carbons (Fsp3) is 0.235. The summed E-state index contributed by atoms with van der Waals surface area (Å²) in [6, 6.07) is 12.8. The van der Waals surface area contributed by atoms with Crippen molar-refractivity contribution in [3.05, 3.63) is 58.6 Å². The van der Waals surface area contributed by atoms with Gasteiger partial charge in [-0.3, -0.25) is 0 Å². The Labute approximate surface area is 139 Å². The highest BCUT2D eigenvalue weighted by molar-refractivity contribution is 6.30. The first-order valence-corrected chi connectivity index (χ1v) is 7.73.